The largest absolute Gasteiger partial charge is 0.416 e. The van der Waals surface area contributed by atoms with E-state index in [2.05, 4.69) is 10.1 Å². The van der Waals surface area contributed by atoms with Crippen LogP contribution in [0.5, 0.6) is 0 Å². The first-order valence-electron chi connectivity index (χ1n) is 13.1. The molecule has 0 saturated carbocycles. The number of hydrogen-bond acceptors (Lipinski definition) is 8. The first kappa shape index (κ1) is 28.0. The Labute approximate surface area is 232 Å². The Morgan fingerprint density at radius 1 is 1.07 bits per heavy atom. The van der Waals surface area contributed by atoms with Gasteiger partial charge in [0.1, 0.15) is 22.7 Å². The maximum absolute atomic E-state index is 13.5. The number of halogens is 3. The van der Waals surface area contributed by atoms with E-state index in [0.717, 1.165) is 12.1 Å². The van der Waals surface area contributed by atoms with E-state index in [1.807, 2.05) is 18.7 Å². The van der Waals surface area contributed by atoms with Crippen LogP contribution in [0, 0.1) is 16.0 Å². The minimum Gasteiger partial charge on any atom is -0.354 e. The molecule has 1 fully saturated rings. The van der Waals surface area contributed by atoms with Crippen molar-refractivity contribution >= 4 is 28.5 Å². The van der Waals surface area contributed by atoms with Crippen LogP contribution in [0.2, 0.25) is 0 Å². The number of carbonyl (C=O) groups is 1. The second-order valence-corrected chi connectivity index (χ2v) is 10.3. The highest BCUT2D eigenvalue weighted by Gasteiger charge is 2.32. The molecule has 41 heavy (non-hydrogen) atoms. The Morgan fingerprint density at radius 2 is 1.83 bits per heavy atom. The van der Waals surface area contributed by atoms with Crippen molar-refractivity contribution in [1.29, 1.82) is 0 Å². The van der Waals surface area contributed by atoms with Crippen LogP contribution in [0.15, 0.2) is 53.1 Å². The molecule has 0 aliphatic carbocycles. The summed E-state index contributed by atoms with van der Waals surface area (Å²) in [6, 6.07) is 10.3. The van der Waals surface area contributed by atoms with Gasteiger partial charge >= 0.3 is 6.18 Å². The van der Waals surface area contributed by atoms with E-state index in [-0.39, 0.29) is 34.5 Å². The number of nitrogens with zero attached hydrogens (tertiary/aromatic N) is 6. The molecule has 0 radical (unpaired) electrons. The van der Waals surface area contributed by atoms with E-state index >= 15 is 0 Å². The van der Waals surface area contributed by atoms with Gasteiger partial charge in [-0.25, -0.2) is 4.98 Å². The zero-order chi connectivity index (χ0) is 29.3. The van der Waals surface area contributed by atoms with Crippen molar-refractivity contribution in [2.45, 2.75) is 32.9 Å². The van der Waals surface area contributed by atoms with E-state index in [0.29, 0.717) is 61.6 Å². The third-order valence-electron chi connectivity index (χ3n) is 6.83. The minimum atomic E-state index is -4.52. The number of hydrogen-bond donors (Lipinski definition) is 0. The van der Waals surface area contributed by atoms with Crippen molar-refractivity contribution in [3.8, 4) is 11.3 Å². The van der Waals surface area contributed by atoms with Gasteiger partial charge in [0.05, 0.1) is 10.5 Å². The van der Waals surface area contributed by atoms with Crippen LogP contribution < -0.4 is 4.90 Å². The zero-order valence-corrected chi connectivity index (χ0v) is 22.4. The standard InChI is InChI=1S/C28H27F3N6O4/c1-17(2)15-22-32-25(23-24(34-41-26(23)33-22)19-5-3-6-20(16-19)28(29,30)31)35-11-4-12-36(14-13-35)27(38)18-7-9-21(10-8-18)37(39)40/h3,5-10,16-17H,4,11-15H2,1-2H3. The smallest absolute Gasteiger partial charge is 0.354 e. The lowest BCUT2D eigenvalue weighted by molar-refractivity contribution is -0.384. The fourth-order valence-electron chi connectivity index (χ4n) is 4.85. The molecule has 0 unspecified atom stereocenters. The summed E-state index contributed by atoms with van der Waals surface area (Å²) in [4.78, 5) is 36.6. The average molecular weight is 569 g/mol. The molecule has 1 aliphatic rings. The molecule has 2 aromatic heterocycles. The van der Waals surface area contributed by atoms with Crippen LogP contribution in [0.4, 0.5) is 24.7 Å². The molecule has 0 N–H and O–H groups in total. The summed E-state index contributed by atoms with van der Waals surface area (Å²) >= 11 is 0. The number of amides is 1. The Bertz CT molecular complexity index is 1590. The summed E-state index contributed by atoms with van der Waals surface area (Å²) in [6.45, 7) is 5.74. The number of alkyl halides is 3. The number of benzene rings is 2. The highest BCUT2D eigenvalue weighted by molar-refractivity contribution is 5.98. The van der Waals surface area contributed by atoms with Gasteiger partial charge in [0.25, 0.3) is 17.3 Å². The monoisotopic (exact) mass is 568 g/mol. The fraction of sp³-hybridized carbons (Fsp3) is 0.357. The molecule has 5 rings (SSSR count). The number of nitro benzene ring substituents is 1. The molecule has 1 saturated heterocycles. The second-order valence-electron chi connectivity index (χ2n) is 10.3. The number of carbonyl (C=O) groups excluding carboxylic acids is 1. The van der Waals surface area contributed by atoms with E-state index in [4.69, 9.17) is 9.51 Å². The minimum absolute atomic E-state index is 0.0983. The first-order valence-corrected chi connectivity index (χ1v) is 13.1. The maximum Gasteiger partial charge on any atom is 0.416 e. The Hall–Kier alpha value is -4.55. The Kier molecular flexibility index (Phi) is 7.61. The van der Waals surface area contributed by atoms with E-state index in [1.54, 1.807) is 4.90 Å². The van der Waals surface area contributed by atoms with Crippen LogP contribution >= 0.6 is 0 Å². The predicted octanol–water partition coefficient (Wildman–Crippen LogP) is 5.76. The van der Waals surface area contributed by atoms with Gasteiger partial charge < -0.3 is 14.3 Å². The number of aromatic nitrogens is 3. The van der Waals surface area contributed by atoms with Gasteiger partial charge in [-0.15, -0.1) is 0 Å². The molecular weight excluding hydrogens is 541 g/mol. The summed E-state index contributed by atoms with van der Waals surface area (Å²) < 4.78 is 45.9. The summed E-state index contributed by atoms with van der Waals surface area (Å²) in [5, 5.41) is 15.5. The maximum atomic E-state index is 13.5. The van der Waals surface area contributed by atoms with Crippen LogP contribution in [0.3, 0.4) is 0 Å². The molecule has 1 amide bonds. The molecule has 3 heterocycles. The van der Waals surface area contributed by atoms with Gasteiger partial charge in [0.2, 0.25) is 0 Å². The van der Waals surface area contributed by atoms with E-state index < -0.39 is 16.7 Å². The van der Waals surface area contributed by atoms with Crippen LogP contribution in [0.25, 0.3) is 22.4 Å². The second kappa shape index (κ2) is 11.1. The molecule has 2 aromatic carbocycles. The number of nitro groups is 1. The summed E-state index contributed by atoms with van der Waals surface area (Å²) in [5.74, 6) is 1.01. The van der Waals surface area contributed by atoms with Gasteiger partial charge in [0.15, 0.2) is 0 Å². The molecule has 0 bridgehead atoms. The van der Waals surface area contributed by atoms with Crippen LogP contribution in [-0.4, -0.2) is 57.0 Å². The summed E-state index contributed by atoms with van der Waals surface area (Å²) in [6.07, 6.45) is -3.38. The van der Waals surface area contributed by atoms with Gasteiger partial charge in [-0.05, 0) is 36.6 Å². The van der Waals surface area contributed by atoms with Crippen molar-refractivity contribution in [2.75, 3.05) is 31.1 Å². The number of anilines is 1. The predicted molar refractivity (Wildman–Crippen MR) is 144 cm³/mol. The molecule has 214 valence electrons. The normalized spacial score (nSPS) is 14.5. The SMILES string of the molecule is CC(C)Cc1nc(N2CCCN(C(=O)c3ccc([N+](=O)[O-])cc3)CC2)c2c(-c3cccc(C(F)(F)F)c3)noc2n1. The summed E-state index contributed by atoms with van der Waals surface area (Å²) in [7, 11) is 0. The van der Waals surface area contributed by atoms with Gasteiger partial charge in [-0.2, -0.15) is 18.2 Å². The van der Waals surface area contributed by atoms with Crippen molar-refractivity contribution in [3.63, 3.8) is 0 Å². The quantitative estimate of drug-likeness (QED) is 0.213. The fourth-order valence-corrected chi connectivity index (χ4v) is 4.85. The molecule has 0 spiro atoms. The Balaban J connectivity index is 1.49. The molecular formula is C28H27F3N6O4. The van der Waals surface area contributed by atoms with E-state index in [9.17, 15) is 28.1 Å². The third-order valence-corrected chi connectivity index (χ3v) is 6.83. The lowest BCUT2D eigenvalue weighted by Crippen LogP contribution is -2.35. The van der Waals surface area contributed by atoms with Gasteiger partial charge in [-0.1, -0.05) is 31.1 Å². The van der Waals surface area contributed by atoms with Crippen molar-refractivity contribution in [3.05, 3.63) is 75.6 Å². The highest BCUT2D eigenvalue weighted by atomic mass is 19.4. The van der Waals surface area contributed by atoms with Gasteiger partial charge in [0, 0.05) is 55.9 Å². The molecule has 10 nitrogen and oxygen atoms in total. The zero-order valence-electron chi connectivity index (χ0n) is 22.4. The molecule has 13 heteroatoms. The average Bonchev–Trinajstić information content (AvgIpc) is 3.20. The lowest BCUT2D eigenvalue weighted by Gasteiger charge is -2.24. The number of fused-ring (bicyclic) bond motifs is 1. The lowest BCUT2D eigenvalue weighted by atomic mass is 10.1. The highest BCUT2D eigenvalue weighted by Crippen LogP contribution is 2.37. The number of rotatable bonds is 6. The van der Waals surface area contributed by atoms with E-state index in [1.165, 1.54) is 36.4 Å². The molecule has 4 aromatic rings. The first-order chi connectivity index (χ1) is 19.5. The summed E-state index contributed by atoms with van der Waals surface area (Å²) in [5.41, 5.74) is 0.0591. The van der Waals surface area contributed by atoms with Gasteiger partial charge in [-0.3, -0.25) is 14.9 Å². The molecule has 1 aliphatic heterocycles. The van der Waals surface area contributed by atoms with Crippen LogP contribution in [-0.2, 0) is 12.6 Å². The van der Waals surface area contributed by atoms with Crippen LogP contribution in [0.1, 0.15) is 42.0 Å². The Morgan fingerprint density at radius 3 is 2.51 bits per heavy atom. The van der Waals surface area contributed by atoms with Crippen molar-refractivity contribution in [2.24, 2.45) is 5.92 Å². The van der Waals surface area contributed by atoms with Crippen molar-refractivity contribution in [1.82, 2.24) is 20.0 Å². The van der Waals surface area contributed by atoms with Crippen molar-refractivity contribution < 1.29 is 27.4 Å². The third kappa shape index (κ3) is 5.98. The molecule has 0 atom stereocenters. The topological polar surface area (TPSA) is 118 Å². The number of non-ortho nitro benzene ring substituents is 1.